The van der Waals surface area contributed by atoms with Gasteiger partial charge in [0.25, 0.3) is 0 Å². The third-order valence-corrected chi connectivity index (χ3v) is 5.88. The first-order valence-electron chi connectivity index (χ1n) is 7.02. The van der Waals surface area contributed by atoms with Crippen molar-refractivity contribution in [3.8, 4) is 0 Å². The molecule has 6 nitrogen and oxygen atoms in total. The van der Waals surface area contributed by atoms with Gasteiger partial charge < -0.3 is 5.73 Å². The summed E-state index contributed by atoms with van der Waals surface area (Å²) in [5, 5.41) is 4.45. The molecule has 0 radical (unpaired) electrons. The fourth-order valence-electron chi connectivity index (χ4n) is 2.97. The lowest BCUT2D eigenvalue weighted by Gasteiger charge is -2.31. The molecule has 114 valence electrons. The van der Waals surface area contributed by atoms with E-state index in [9.17, 15) is 8.42 Å². The minimum Gasteiger partial charge on any atom is -0.329 e. The van der Waals surface area contributed by atoms with Gasteiger partial charge in [0.05, 0.1) is 23.2 Å². The first-order valence-corrected chi connectivity index (χ1v) is 8.85. The van der Waals surface area contributed by atoms with Crippen molar-refractivity contribution in [3.63, 3.8) is 0 Å². The minimum atomic E-state index is -2.88. The average molecular weight is 300 g/mol. The highest BCUT2D eigenvalue weighted by molar-refractivity contribution is 7.91. The van der Waals surface area contributed by atoms with Crippen molar-refractivity contribution in [2.45, 2.75) is 31.8 Å². The molecule has 0 aliphatic carbocycles. The molecule has 0 spiro atoms. The number of hydrogen-bond acceptors (Lipinski definition) is 5. The monoisotopic (exact) mass is 300 g/mol. The lowest BCUT2D eigenvalue weighted by Crippen LogP contribution is -2.39. The van der Waals surface area contributed by atoms with Gasteiger partial charge in [0, 0.05) is 31.4 Å². The molecule has 0 bridgehead atoms. The van der Waals surface area contributed by atoms with Crippen molar-refractivity contribution in [3.05, 3.63) is 17.5 Å². The molecule has 1 aliphatic heterocycles. The largest absolute Gasteiger partial charge is 0.329 e. The Labute approximate surface area is 120 Å². The number of nitrogens with two attached hydrogens (primary N) is 1. The van der Waals surface area contributed by atoms with Gasteiger partial charge in [-0.2, -0.15) is 5.10 Å². The third-order valence-electron chi connectivity index (χ3n) is 4.13. The predicted octanol–water partition coefficient (Wildman–Crippen LogP) is 0.101. The quantitative estimate of drug-likeness (QED) is 0.834. The molecule has 0 aromatic carbocycles. The standard InChI is InChI=1S/C13H24N4O2S/c1-4-12-11(8-16(2)15-12)13(7-14)17(3)10-5-6-20(18,19)9-10/h8,10,13H,4-7,9,14H2,1-3H3. The van der Waals surface area contributed by atoms with Crippen LogP contribution in [0.4, 0.5) is 0 Å². The maximum absolute atomic E-state index is 11.6. The number of aromatic nitrogens is 2. The highest BCUT2D eigenvalue weighted by atomic mass is 32.2. The van der Waals surface area contributed by atoms with Gasteiger partial charge in [-0.3, -0.25) is 9.58 Å². The number of sulfone groups is 1. The van der Waals surface area contributed by atoms with Crippen LogP contribution >= 0.6 is 0 Å². The van der Waals surface area contributed by atoms with Gasteiger partial charge in [0.2, 0.25) is 0 Å². The Morgan fingerprint density at radius 2 is 2.30 bits per heavy atom. The van der Waals surface area contributed by atoms with Crippen LogP contribution in [0.5, 0.6) is 0 Å². The van der Waals surface area contributed by atoms with Crippen LogP contribution in [-0.4, -0.2) is 54.2 Å². The van der Waals surface area contributed by atoms with Gasteiger partial charge in [-0.1, -0.05) is 6.92 Å². The zero-order valence-electron chi connectivity index (χ0n) is 12.4. The Balaban J connectivity index is 2.23. The van der Waals surface area contributed by atoms with Crippen LogP contribution in [-0.2, 0) is 23.3 Å². The van der Waals surface area contributed by atoms with E-state index in [1.807, 2.05) is 20.3 Å². The first-order chi connectivity index (χ1) is 9.38. The van der Waals surface area contributed by atoms with E-state index >= 15 is 0 Å². The molecule has 2 rings (SSSR count). The van der Waals surface area contributed by atoms with Crippen molar-refractivity contribution in [2.75, 3.05) is 25.1 Å². The van der Waals surface area contributed by atoms with Gasteiger partial charge in [0.15, 0.2) is 9.84 Å². The lowest BCUT2D eigenvalue weighted by molar-refractivity contribution is 0.191. The van der Waals surface area contributed by atoms with Gasteiger partial charge in [0.1, 0.15) is 0 Å². The molecular formula is C13H24N4O2S. The number of aryl methyl sites for hydroxylation is 2. The molecule has 0 saturated carbocycles. The number of hydrogen-bond donors (Lipinski definition) is 1. The zero-order valence-corrected chi connectivity index (χ0v) is 13.2. The Kier molecular flexibility index (Phi) is 4.51. The zero-order chi connectivity index (χ0) is 14.9. The normalized spacial score (nSPS) is 23.4. The Morgan fingerprint density at radius 1 is 1.60 bits per heavy atom. The fourth-order valence-corrected chi connectivity index (χ4v) is 4.76. The molecule has 1 saturated heterocycles. The topological polar surface area (TPSA) is 81.2 Å². The van der Waals surface area contributed by atoms with E-state index < -0.39 is 9.84 Å². The van der Waals surface area contributed by atoms with E-state index in [1.165, 1.54) is 0 Å². The van der Waals surface area contributed by atoms with Crippen molar-refractivity contribution >= 4 is 9.84 Å². The Bertz CT molecular complexity index is 567. The summed E-state index contributed by atoms with van der Waals surface area (Å²) in [5.74, 6) is 0.523. The molecule has 7 heteroatoms. The van der Waals surface area contributed by atoms with Gasteiger partial charge in [-0.15, -0.1) is 0 Å². The lowest BCUT2D eigenvalue weighted by atomic mass is 10.0. The summed E-state index contributed by atoms with van der Waals surface area (Å²) < 4.78 is 25.1. The highest BCUT2D eigenvalue weighted by Crippen LogP contribution is 2.27. The van der Waals surface area contributed by atoms with Gasteiger partial charge in [-0.25, -0.2) is 8.42 Å². The second-order valence-electron chi connectivity index (χ2n) is 5.53. The van der Waals surface area contributed by atoms with Crippen molar-refractivity contribution < 1.29 is 8.42 Å². The molecule has 2 atom stereocenters. The summed E-state index contributed by atoms with van der Waals surface area (Å²) in [6.45, 7) is 2.53. The predicted molar refractivity (Wildman–Crippen MR) is 79.2 cm³/mol. The summed E-state index contributed by atoms with van der Waals surface area (Å²) in [6, 6.07) is 0.0791. The van der Waals surface area contributed by atoms with E-state index in [-0.39, 0.29) is 23.6 Å². The average Bonchev–Trinajstić information content (AvgIpc) is 2.93. The van der Waals surface area contributed by atoms with E-state index in [2.05, 4.69) is 16.9 Å². The Hall–Kier alpha value is -0.920. The van der Waals surface area contributed by atoms with Gasteiger partial charge in [-0.05, 0) is 19.9 Å². The van der Waals surface area contributed by atoms with Crippen molar-refractivity contribution in [1.82, 2.24) is 14.7 Å². The summed E-state index contributed by atoms with van der Waals surface area (Å²) in [4.78, 5) is 2.11. The summed E-state index contributed by atoms with van der Waals surface area (Å²) in [7, 11) is 0.989. The van der Waals surface area contributed by atoms with Crippen LogP contribution in [0.15, 0.2) is 6.20 Å². The van der Waals surface area contributed by atoms with Crippen LogP contribution in [0.3, 0.4) is 0 Å². The molecule has 1 aromatic heterocycles. The molecule has 1 fully saturated rings. The van der Waals surface area contributed by atoms with Gasteiger partial charge >= 0.3 is 0 Å². The second kappa shape index (κ2) is 5.83. The van der Waals surface area contributed by atoms with Crippen molar-refractivity contribution in [2.24, 2.45) is 12.8 Å². The van der Waals surface area contributed by atoms with Crippen molar-refractivity contribution in [1.29, 1.82) is 0 Å². The molecule has 2 heterocycles. The minimum absolute atomic E-state index is 0.0250. The smallest absolute Gasteiger partial charge is 0.151 e. The second-order valence-corrected chi connectivity index (χ2v) is 7.76. The van der Waals surface area contributed by atoms with Crippen LogP contribution < -0.4 is 5.73 Å². The fraction of sp³-hybridized carbons (Fsp3) is 0.769. The number of nitrogens with zero attached hydrogens (tertiary/aromatic N) is 3. The molecule has 2 N–H and O–H groups in total. The van der Waals surface area contributed by atoms with Crippen LogP contribution in [0.1, 0.15) is 30.6 Å². The first kappa shape index (κ1) is 15.5. The summed E-state index contributed by atoms with van der Waals surface area (Å²) >= 11 is 0. The molecule has 2 unspecified atom stereocenters. The van der Waals surface area contributed by atoms with Crippen LogP contribution in [0, 0.1) is 0 Å². The molecule has 1 aromatic rings. The Morgan fingerprint density at radius 3 is 2.80 bits per heavy atom. The van der Waals surface area contributed by atoms with E-state index in [0.717, 1.165) is 17.7 Å². The van der Waals surface area contributed by atoms with Crippen LogP contribution in [0.25, 0.3) is 0 Å². The highest BCUT2D eigenvalue weighted by Gasteiger charge is 2.34. The summed E-state index contributed by atoms with van der Waals surface area (Å²) in [6.07, 6.45) is 3.54. The van der Waals surface area contributed by atoms with E-state index in [0.29, 0.717) is 13.0 Å². The maximum Gasteiger partial charge on any atom is 0.151 e. The number of likely N-dealkylation sites (N-methyl/N-ethyl adjacent to an activating group) is 1. The maximum atomic E-state index is 11.6. The van der Waals surface area contributed by atoms with E-state index in [1.54, 1.807) is 4.68 Å². The molecule has 0 amide bonds. The van der Waals surface area contributed by atoms with E-state index in [4.69, 9.17) is 5.73 Å². The SMILES string of the molecule is CCc1nn(C)cc1C(CN)N(C)C1CCS(=O)(=O)C1. The molecule has 20 heavy (non-hydrogen) atoms. The molecular weight excluding hydrogens is 276 g/mol. The number of rotatable bonds is 5. The third kappa shape index (κ3) is 3.05. The summed E-state index contributed by atoms with van der Waals surface area (Å²) in [5.41, 5.74) is 8.10. The molecule has 1 aliphatic rings. The van der Waals surface area contributed by atoms with Crippen LogP contribution in [0.2, 0.25) is 0 Å².